The van der Waals surface area contributed by atoms with Gasteiger partial charge in [0.15, 0.2) is 0 Å². The minimum absolute atomic E-state index is 0.0629. The van der Waals surface area contributed by atoms with Crippen LogP contribution >= 0.6 is 0 Å². The summed E-state index contributed by atoms with van der Waals surface area (Å²) in [7, 11) is 1.70. The minimum Gasteiger partial charge on any atom is -0.321 e. The highest BCUT2D eigenvalue weighted by atomic mass is 16.6. The van der Waals surface area contributed by atoms with Crippen LogP contribution in [-0.4, -0.2) is 20.6 Å². The fraction of sp³-hybridized carbons (Fsp3) is 0.167. The molecule has 1 heterocycles. The second-order valence-corrected chi connectivity index (χ2v) is 4.11. The van der Waals surface area contributed by atoms with Crippen molar-refractivity contribution in [2.75, 3.05) is 5.32 Å². The molecular weight excluding hydrogens is 248 g/mol. The van der Waals surface area contributed by atoms with Gasteiger partial charge in [-0.1, -0.05) is 6.07 Å². The summed E-state index contributed by atoms with van der Waals surface area (Å²) in [6.07, 6.45) is 3.00. The number of nitrogens with zero attached hydrogens (tertiary/aromatic N) is 3. The van der Waals surface area contributed by atoms with Gasteiger partial charge < -0.3 is 5.32 Å². The van der Waals surface area contributed by atoms with E-state index in [-0.39, 0.29) is 11.6 Å². The molecule has 7 nitrogen and oxygen atoms in total. The number of hydrogen-bond donors (Lipinski definition) is 1. The number of nitro groups is 1. The van der Waals surface area contributed by atoms with Crippen LogP contribution in [0.25, 0.3) is 0 Å². The number of carbonyl (C=O) groups is 1. The van der Waals surface area contributed by atoms with Crippen molar-refractivity contribution < 1.29 is 9.72 Å². The van der Waals surface area contributed by atoms with Gasteiger partial charge in [-0.2, -0.15) is 5.10 Å². The quantitative estimate of drug-likeness (QED) is 0.674. The van der Waals surface area contributed by atoms with Crippen molar-refractivity contribution >= 4 is 17.3 Å². The number of nitro benzene ring substituents is 1. The molecule has 1 N–H and O–H groups in total. The van der Waals surface area contributed by atoms with E-state index in [9.17, 15) is 14.9 Å². The van der Waals surface area contributed by atoms with Crippen molar-refractivity contribution in [3.63, 3.8) is 0 Å². The molecule has 1 amide bonds. The average Bonchev–Trinajstić information content (AvgIpc) is 2.78. The topological polar surface area (TPSA) is 90.1 Å². The number of benzene rings is 1. The Morgan fingerprint density at radius 1 is 1.47 bits per heavy atom. The molecule has 0 radical (unpaired) electrons. The van der Waals surface area contributed by atoms with Gasteiger partial charge in [-0.05, 0) is 12.5 Å². The third kappa shape index (κ3) is 2.76. The van der Waals surface area contributed by atoms with Crippen molar-refractivity contribution in [2.45, 2.75) is 6.92 Å². The lowest BCUT2D eigenvalue weighted by atomic mass is 10.1. The van der Waals surface area contributed by atoms with Crippen LogP contribution in [0.15, 0.2) is 30.6 Å². The number of carbonyl (C=O) groups excluding carboxylic acids is 1. The van der Waals surface area contributed by atoms with E-state index in [4.69, 9.17) is 0 Å². The molecule has 0 fully saturated rings. The van der Waals surface area contributed by atoms with Crippen LogP contribution < -0.4 is 5.32 Å². The van der Waals surface area contributed by atoms with Crippen LogP contribution in [-0.2, 0) is 7.05 Å². The fourth-order valence-electron chi connectivity index (χ4n) is 1.59. The van der Waals surface area contributed by atoms with Crippen molar-refractivity contribution in [2.24, 2.45) is 7.05 Å². The van der Waals surface area contributed by atoms with Gasteiger partial charge in [-0.15, -0.1) is 0 Å². The van der Waals surface area contributed by atoms with E-state index in [1.807, 2.05) is 0 Å². The van der Waals surface area contributed by atoms with Crippen LogP contribution in [0.4, 0.5) is 11.4 Å². The lowest BCUT2D eigenvalue weighted by molar-refractivity contribution is -0.384. The second-order valence-electron chi connectivity index (χ2n) is 4.11. The first-order chi connectivity index (χ1) is 8.97. The number of hydrogen-bond acceptors (Lipinski definition) is 4. The minimum atomic E-state index is -0.501. The zero-order valence-electron chi connectivity index (χ0n) is 10.5. The van der Waals surface area contributed by atoms with Gasteiger partial charge in [0.1, 0.15) is 0 Å². The molecule has 0 atom stereocenters. The molecule has 0 bridgehead atoms. The molecular formula is C12H12N4O3. The van der Waals surface area contributed by atoms with E-state index in [0.29, 0.717) is 11.3 Å². The van der Waals surface area contributed by atoms with Gasteiger partial charge in [0.05, 0.1) is 22.4 Å². The van der Waals surface area contributed by atoms with Crippen LogP contribution in [0.2, 0.25) is 0 Å². The molecule has 0 saturated heterocycles. The number of rotatable bonds is 3. The average molecular weight is 260 g/mol. The standard InChI is InChI=1S/C12H12N4O3/c1-8-3-4-10(16(18)19)5-11(8)14-12(17)9-6-13-15(2)7-9/h3-7H,1-2H3,(H,14,17). The van der Waals surface area contributed by atoms with Gasteiger partial charge >= 0.3 is 0 Å². The van der Waals surface area contributed by atoms with Crippen molar-refractivity contribution in [3.8, 4) is 0 Å². The molecule has 0 saturated carbocycles. The smallest absolute Gasteiger partial charge is 0.271 e. The highest BCUT2D eigenvalue weighted by molar-refractivity contribution is 6.04. The number of aromatic nitrogens is 2. The normalized spacial score (nSPS) is 10.2. The summed E-state index contributed by atoms with van der Waals surface area (Å²) in [5, 5.41) is 17.2. The highest BCUT2D eigenvalue weighted by Gasteiger charge is 2.13. The Bertz CT molecular complexity index is 648. The Hall–Kier alpha value is -2.70. The van der Waals surface area contributed by atoms with Gasteiger partial charge in [-0.25, -0.2) is 0 Å². The number of anilines is 1. The van der Waals surface area contributed by atoms with Gasteiger partial charge in [0, 0.05) is 25.4 Å². The molecule has 98 valence electrons. The summed E-state index contributed by atoms with van der Waals surface area (Å²) < 4.78 is 1.51. The van der Waals surface area contributed by atoms with Gasteiger partial charge in [0.2, 0.25) is 0 Å². The molecule has 1 aromatic heterocycles. The third-order valence-corrected chi connectivity index (χ3v) is 2.65. The predicted octanol–water partition coefficient (Wildman–Crippen LogP) is 1.89. The molecule has 0 unspecified atom stereocenters. The summed E-state index contributed by atoms with van der Waals surface area (Å²) >= 11 is 0. The maximum absolute atomic E-state index is 11.9. The molecule has 2 rings (SSSR count). The zero-order valence-corrected chi connectivity index (χ0v) is 10.5. The lowest BCUT2D eigenvalue weighted by Crippen LogP contribution is -2.12. The SMILES string of the molecule is Cc1ccc([N+](=O)[O-])cc1NC(=O)c1cnn(C)c1. The van der Waals surface area contributed by atoms with Gasteiger partial charge in [-0.3, -0.25) is 19.6 Å². The van der Waals surface area contributed by atoms with Gasteiger partial charge in [0.25, 0.3) is 11.6 Å². The Kier molecular flexibility index (Phi) is 3.28. The van der Waals surface area contributed by atoms with E-state index < -0.39 is 4.92 Å². The number of aryl methyl sites for hydroxylation is 2. The molecule has 0 spiro atoms. The summed E-state index contributed by atoms with van der Waals surface area (Å²) in [5.41, 5.74) is 1.51. The predicted molar refractivity (Wildman–Crippen MR) is 69.0 cm³/mol. The first-order valence-corrected chi connectivity index (χ1v) is 5.52. The van der Waals surface area contributed by atoms with E-state index in [0.717, 1.165) is 5.56 Å². The van der Waals surface area contributed by atoms with Crippen molar-refractivity contribution in [3.05, 3.63) is 51.8 Å². The van der Waals surface area contributed by atoms with Crippen molar-refractivity contribution in [1.29, 1.82) is 0 Å². The Balaban J connectivity index is 2.25. The largest absolute Gasteiger partial charge is 0.321 e. The molecule has 1 aromatic carbocycles. The molecule has 2 aromatic rings. The van der Waals surface area contributed by atoms with Crippen LogP contribution in [0.3, 0.4) is 0 Å². The van der Waals surface area contributed by atoms with E-state index in [1.165, 1.54) is 23.0 Å². The molecule has 0 aliphatic heterocycles. The summed E-state index contributed by atoms with van der Waals surface area (Å²) in [4.78, 5) is 22.1. The first kappa shape index (κ1) is 12.7. The number of non-ortho nitro benzene ring substituents is 1. The van der Waals surface area contributed by atoms with Crippen LogP contribution in [0.1, 0.15) is 15.9 Å². The maximum atomic E-state index is 11.9. The summed E-state index contributed by atoms with van der Waals surface area (Å²) in [6, 6.07) is 4.33. The lowest BCUT2D eigenvalue weighted by Gasteiger charge is -2.06. The maximum Gasteiger partial charge on any atom is 0.271 e. The van der Waals surface area contributed by atoms with E-state index in [1.54, 1.807) is 26.2 Å². The van der Waals surface area contributed by atoms with Crippen LogP contribution in [0.5, 0.6) is 0 Å². The highest BCUT2D eigenvalue weighted by Crippen LogP contribution is 2.22. The molecule has 0 aliphatic carbocycles. The summed E-state index contributed by atoms with van der Waals surface area (Å²) in [6.45, 7) is 1.77. The number of nitrogens with one attached hydrogen (secondary N) is 1. The zero-order chi connectivity index (χ0) is 14.0. The Morgan fingerprint density at radius 2 is 2.21 bits per heavy atom. The van der Waals surface area contributed by atoms with Crippen LogP contribution in [0, 0.1) is 17.0 Å². The molecule has 0 aliphatic rings. The third-order valence-electron chi connectivity index (χ3n) is 2.65. The first-order valence-electron chi connectivity index (χ1n) is 5.52. The molecule has 7 heteroatoms. The second kappa shape index (κ2) is 4.89. The monoisotopic (exact) mass is 260 g/mol. The fourth-order valence-corrected chi connectivity index (χ4v) is 1.59. The summed E-state index contributed by atoms with van der Waals surface area (Å²) in [5.74, 6) is -0.350. The van der Waals surface area contributed by atoms with Crippen molar-refractivity contribution in [1.82, 2.24) is 9.78 Å². The Labute approximate surface area is 109 Å². The van der Waals surface area contributed by atoms with E-state index in [2.05, 4.69) is 10.4 Å². The van der Waals surface area contributed by atoms with E-state index >= 15 is 0 Å². The Morgan fingerprint density at radius 3 is 2.79 bits per heavy atom. The molecule has 19 heavy (non-hydrogen) atoms. The number of amides is 1.